The zero-order valence-electron chi connectivity index (χ0n) is 10.7. The minimum atomic E-state index is -4.21. The number of furan rings is 1. The molecule has 1 aromatic carbocycles. The van der Waals surface area contributed by atoms with E-state index in [4.69, 9.17) is 4.42 Å². The van der Waals surface area contributed by atoms with Crippen LogP contribution in [-0.4, -0.2) is 11.7 Å². The van der Waals surface area contributed by atoms with Crippen LogP contribution < -0.4 is 5.32 Å². The first-order valence-corrected chi connectivity index (χ1v) is 7.13. The number of hydrogen-bond donors (Lipinski definition) is 1. The normalized spacial score (nSPS) is 19.2. The SMILES string of the molecule is CC(NC1(C(F)(F)F)CC1)c1cc2cc(Br)ccc2o1. The summed E-state index contributed by atoms with van der Waals surface area (Å²) in [4.78, 5) is 0. The van der Waals surface area contributed by atoms with Gasteiger partial charge in [-0.3, -0.25) is 5.32 Å². The lowest BCUT2D eigenvalue weighted by Gasteiger charge is -2.24. The second-order valence-corrected chi connectivity index (χ2v) is 6.19. The second-order valence-electron chi connectivity index (χ2n) is 5.28. The van der Waals surface area contributed by atoms with Gasteiger partial charge in [0.1, 0.15) is 16.9 Å². The first kappa shape index (κ1) is 13.9. The Labute approximate surface area is 122 Å². The minimum Gasteiger partial charge on any atom is -0.459 e. The van der Waals surface area contributed by atoms with Crippen LogP contribution in [0.4, 0.5) is 13.2 Å². The Morgan fingerprint density at radius 1 is 1.30 bits per heavy atom. The van der Waals surface area contributed by atoms with Crippen LogP contribution in [0.15, 0.2) is 33.2 Å². The Bertz CT molecular complexity index is 645. The average Bonchev–Trinajstić information content (AvgIpc) is 3.01. The van der Waals surface area contributed by atoms with Gasteiger partial charge in [-0.05, 0) is 44.0 Å². The Hall–Kier alpha value is -1.01. The van der Waals surface area contributed by atoms with E-state index in [1.165, 1.54) is 0 Å². The number of hydrogen-bond acceptors (Lipinski definition) is 2. The third-order valence-electron chi connectivity index (χ3n) is 3.71. The number of fused-ring (bicyclic) bond motifs is 1. The predicted octanol–water partition coefficient (Wildman–Crippen LogP) is 4.94. The molecule has 0 amide bonds. The first-order valence-electron chi connectivity index (χ1n) is 6.34. The third kappa shape index (κ3) is 2.35. The number of nitrogens with one attached hydrogen (secondary N) is 1. The molecule has 0 spiro atoms. The van der Waals surface area contributed by atoms with Crippen LogP contribution in [0.3, 0.4) is 0 Å². The smallest absolute Gasteiger partial charge is 0.406 e. The molecule has 0 radical (unpaired) electrons. The lowest BCUT2D eigenvalue weighted by Crippen LogP contribution is -2.45. The average molecular weight is 348 g/mol. The molecular weight excluding hydrogens is 335 g/mol. The molecule has 0 aliphatic heterocycles. The lowest BCUT2D eigenvalue weighted by atomic mass is 10.1. The van der Waals surface area contributed by atoms with E-state index in [0.29, 0.717) is 11.3 Å². The monoisotopic (exact) mass is 347 g/mol. The highest BCUT2D eigenvalue weighted by atomic mass is 79.9. The Kier molecular flexibility index (Phi) is 3.14. The molecule has 0 saturated heterocycles. The van der Waals surface area contributed by atoms with Crippen LogP contribution in [0.25, 0.3) is 11.0 Å². The lowest BCUT2D eigenvalue weighted by molar-refractivity contribution is -0.168. The molecule has 1 aliphatic carbocycles. The van der Waals surface area contributed by atoms with Crippen molar-refractivity contribution in [3.05, 3.63) is 34.5 Å². The summed E-state index contributed by atoms with van der Waals surface area (Å²) in [7, 11) is 0. The molecular formula is C14H13BrF3NO. The van der Waals surface area contributed by atoms with Crippen molar-refractivity contribution in [3.63, 3.8) is 0 Å². The van der Waals surface area contributed by atoms with Crippen LogP contribution in [-0.2, 0) is 0 Å². The molecule has 6 heteroatoms. The van der Waals surface area contributed by atoms with Crippen molar-refractivity contribution in [2.75, 3.05) is 0 Å². The summed E-state index contributed by atoms with van der Waals surface area (Å²) in [5, 5.41) is 3.54. The van der Waals surface area contributed by atoms with E-state index in [1.807, 2.05) is 12.1 Å². The van der Waals surface area contributed by atoms with Gasteiger partial charge in [-0.1, -0.05) is 15.9 Å². The summed E-state index contributed by atoms with van der Waals surface area (Å²) >= 11 is 3.36. The number of rotatable bonds is 3. The van der Waals surface area contributed by atoms with E-state index >= 15 is 0 Å². The van der Waals surface area contributed by atoms with Crippen molar-refractivity contribution in [1.29, 1.82) is 0 Å². The molecule has 2 nitrogen and oxygen atoms in total. The fourth-order valence-electron chi connectivity index (χ4n) is 2.37. The fraction of sp³-hybridized carbons (Fsp3) is 0.429. The Morgan fingerprint density at radius 3 is 2.60 bits per heavy atom. The predicted molar refractivity (Wildman–Crippen MR) is 73.5 cm³/mol. The van der Waals surface area contributed by atoms with Gasteiger partial charge in [0.2, 0.25) is 0 Å². The van der Waals surface area contributed by atoms with Gasteiger partial charge in [0.15, 0.2) is 0 Å². The number of benzene rings is 1. The highest BCUT2D eigenvalue weighted by Gasteiger charge is 2.63. The molecule has 1 unspecified atom stereocenters. The maximum absolute atomic E-state index is 12.9. The maximum Gasteiger partial charge on any atom is 0.406 e. The highest BCUT2D eigenvalue weighted by molar-refractivity contribution is 9.10. The molecule has 108 valence electrons. The third-order valence-corrected chi connectivity index (χ3v) is 4.20. The molecule has 20 heavy (non-hydrogen) atoms. The fourth-order valence-corrected chi connectivity index (χ4v) is 2.75. The molecule has 1 N–H and O–H groups in total. The zero-order chi connectivity index (χ0) is 14.5. The van der Waals surface area contributed by atoms with Gasteiger partial charge in [-0.15, -0.1) is 0 Å². The van der Waals surface area contributed by atoms with Crippen molar-refractivity contribution in [2.45, 2.75) is 37.5 Å². The van der Waals surface area contributed by atoms with Crippen molar-refractivity contribution in [2.24, 2.45) is 0 Å². The quantitative estimate of drug-likeness (QED) is 0.850. The largest absolute Gasteiger partial charge is 0.459 e. The van der Waals surface area contributed by atoms with Gasteiger partial charge < -0.3 is 4.42 Å². The molecule has 1 atom stereocenters. The molecule has 1 aliphatic rings. The topological polar surface area (TPSA) is 25.2 Å². The molecule has 0 bridgehead atoms. The molecule has 2 aromatic rings. The standard InChI is InChI=1S/C14H13BrF3NO/c1-8(19-13(4-5-13)14(16,17)18)12-7-9-6-10(15)2-3-11(9)20-12/h2-3,6-8,19H,4-5H2,1H3. The summed E-state index contributed by atoms with van der Waals surface area (Å²) in [5.41, 5.74) is -1.06. The van der Waals surface area contributed by atoms with Crippen LogP contribution in [0, 0.1) is 0 Å². The van der Waals surface area contributed by atoms with Gasteiger partial charge in [-0.25, -0.2) is 0 Å². The Balaban J connectivity index is 1.84. The molecule has 1 aromatic heterocycles. The van der Waals surface area contributed by atoms with Gasteiger partial charge in [0, 0.05) is 9.86 Å². The number of halogens is 4. The summed E-state index contributed by atoms with van der Waals surface area (Å²) in [5.74, 6) is 0.522. The summed E-state index contributed by atoms with van der Waals surface area (Å²) in [6.07, 6.45) is -3.95. The van der Waals surface area contributed by atoms with E-state index in [-0.39, 0.29) is 12.8 Å². The van der Waals surface area contributed by atoms with E-state index in [2.05, 4.69) is 21.2 Å². The molecule has 1 heterocycles. The number of alkyl halides is 3. The van der Waals surface area contributed by atoms with Crippen molar-refractivity contribution in [1.82, 2.24) is 5.32 Å². The first-order chi connectivity index (χ1) is 9.31. The molecule has 1 fully saturated rings. The van der Waals surface area contributed by atoms with Gasteiger partial charge in [0.05, 0.1) is 6.04 Å². The van der Waals surface area contributed by atoms with Crippen molar-refractivity contribution in [3.8, 4) is 0 Å². The second kappa shape index (κ2) is 4.49. The van der Waals surface area contributed by atoms with Gasteiger partial charge in [0.25, 0.3) is 0 Å². The minimum absolute atomic E-state index is 0.132. The summed E-state index contributed by atoms with van der Waals surface area (Å²) in [6, 6.07) is 6.82. The summed E-state index contributed by atoms with van der Waals surface area (Å²) in [6.45, 7) is 1.69. The van der Waals surface area contributed by atoms with Crippen LogP contribution in [0.2, 0.25) is 0 Å². The van der Waals surface area contributed by atoms with E-state index in [1.54, 1.807) is 19.1 Å². The maximum atomic E-state index is 12.9. The van der Waals surface area contributed by atoms with Crippen LogP contribution in [0.5, 0.6) is 0 Å². The zero-order valence-corrected chi connectivity index (χ0v) is 12.3. The van der Waals surface area contributed by atoms with E-state index in [9.17, 15) is 13.2 Å². The van der Waals surface area contributed by atoms with Crippen LogP contribution >= 0.6 is 15.9 Å². The van der Waals surface area contributed by atoms with Crippen LogP contribution in [0.1, 0.15) is 31.6 Å². The summed E-state index contributed by atoms with van der Waals surface area (Å²) < 4.78 is 45.3. The highest BCUT2D eigenvalue weighted by Crippen LogP contribution is 2.50. The van der Waals surface area contributed by atoms with Gasteiger partial charge >= 0.3 is 6.18 Å². The molecule has 3 rings (SSSR count). The Morgan fingerprint density at radius 2 is 2.00 bits per heavy atom. The van der Waals surface area contributed by atoms with Crippen molar-refractivity contribution >= 4 is 26.9 Å². The molecule has 1 saturated carbocycles. The van der Waals surface area contributed by atoms with Crippen molar-refractivity contribution < 1.29 is 17.6 Å². The van der Waals surface area contributed by atoms with E-state index < -0.39 is 17.8 Å². The van der Waals surface area contributed by atoms with Gasteiger partial charge in [-0.2, -0.15) is 13.2 Å². The van der Waals surface area contributed by atoms with E-state index in [0.717, 1.165) is 9.86 Å².